The molecule has 9 heteroatoms. The van der Waals surface area contributed by atoms with Crippen LogP contribution in [-0.2, 0) is 14.3 Å². The van der Waals surface area contributed by atoms with Gasteiger partial charge in [0.05, 0.1) is 6.54 Å². The van der Waals surface area contributed by atoms with Crippen LogP contribution in [0.2, 0.25) is 0 Å². The molecule has 7 nitrogen and oxygen atoms in total. The Labute approximate surface area is 150 Å². The first-order valence-corrected chi connectivity index (χ1v) is 8.47. The smallest absolute Gasteiger partial charge is 0.325 e. The first-order valence-electron chi connectivity index (χ1n) is 8.47. The van der Waals surface area contributed by atoms with E-state index in [-0.39, 0.29) is 31.2 Å². The minimum atomic E-state index is -1.02. The molecule has 0 radical (unpaired) electrons. The number of amides is 3. The minimum absolute atomic E-state index is 0.135. The summed E-state index contributed by atoms with van der Waals surface area (Å²) in [7, 11) is 0. The second-order valence-corrected chi connectivity index (χ2v) is 5.60. The monoisotopic (exact) mass is 371 g/mol. The molecule has 0 aliphatic carbocycles. The van der Waals surface area contributed by atoms with Crippen molar-refractivity contribution >= 4 is 17.6 Å². The summed E-state index contributed by atoms with van der Waals surface area (Å²) >= 11 is 0. The van der Waals surface area contributed by atoms with Crippen LogP contribution < -0.4 is 10.2 Å². The molecule has 0 saturated carbocycles. The van der Waals surface area contributed by atoms with Gasteiger partial charge in [0.1, 0.15) is 6.54 Å². The second-order valence-electron chi connectivity index (χ2n) is 5.60. The molecule has 1 aliphatic rings. The van der Waals surface area contributed by atoms with Gasteiger partial charge in [-0.05, 0) is 26.0 Å². The third-order valence-corrected chi connectivity index (χ3v) is 3.82. The van der Waals surface area contributed by atoms with E-state index in [1.807, 2.05) is 13.8 Å². The van der Waals surface area contributed by atoms with Crippen LogP contribution in [0, 0.1) is 11.6 Å². The van der Waals surface area contributed by atoms with E-state index in [0.29, 0.717) is 19.8 Å². The Morgan fingerprint density at radius 1 is 1.19 bits per heavy atom. The number of carbonyl (C=O) groups is 2. The number of rotatable bonds is 9. The van der Waals surface area contributed by atoms with Gasteiger partial charge in [0, 0.05) is 38.1 Å². The first kappa shape index (κ1) is 20.1. The Morgan fingerprint density at radius 3 is 2.50 bits per heavy atom. The summed E-state index contributed by atoms with van der Waals surface area (Å²) in [6, 6.07) is 2.83. The molecule has 26 heavy (non-hydrogen) atoms. The largest absolute Gasteiger partial charge is 0.351 e. The minimum Gasteiger partial charge on any atom is -0.351 e. The number of hydrogen-bond acceptors (Lipinski definition) is 4. The van der Waals surface area contributed by atoms with Crippen LogP contribution in [0.3, 0.4) is 0 Å². The second kappa shape index (κ2) is 9.44. The van der Waals surface area contributed by atoms with Crippen molar-refractivity contribution in [3.63, 3.8) is 0 Å². The Hall–Kier alpha value is -2.26. The maximum atomic E-state index is 13.4. The average Bonchev–Trinajstić information content (AvgIpc) is 2.96. The molecule has 1 heterocycles. The molecule has 0 atom stereocenters. The highest BCUT2D eigenvalue weighted by atomic mass is 19.2. The molecule has 0 bridgehead atoms. The van der Waals surface area contributed by atoms with E-state index in [2.05, 4.69) is 5.32 Å². The van der Waals surface area contributed by atoms with Gasteiger partial charge >= 0.3 is 6.03 Å². The van der Waals surface area contributed by atoms with E-state index in [1.54, 1.807) is 0 Å². The fourth-order valence-electron chi connectivity index (χ4n) is 2.59. The van der Waals surface area contributed by atoms with Gasteiger partial charge in [0.25, 0.3) is 0 Å². The van der Waals surface area contributed by atoms with Crippen molar-refractivity contribution in [2.24, 2.45) is 0 Å². The van der Waals surface area contributed by atoms with Gasteiger partial charge in [-0.2, -0.15) is 0 Å². The highest BCUT2D eigenvalue weighted by molar-refractivity contribution is 5.96. The number of hydrogen-bond donors (Lipinski definition) is 1. The van der Waals surface area contributed by atoms with Gasteiger partial charge in [-0.25, -0.2) is 13.6 Å². The van der Waals surface area contributed by atoms with E-state index in [9.17, 15) is 18.4 Å². The van der Waals surface area contributed by atoms with Crippen molar-refractivity contribution in [2.75, 3.05) is 44.3 Å². The molecule has 144 valence electrons. The highest BCUT2D eigenvalue weighted by Gasteiger charge is 2.31. The summed E-state index contributed by atoms with van der Waals surface area (Å²) in [5.74, 6) is -2.35. The summed E-state index contributed by atoms with van der Waals surface area (Å²) in [6.07, 6.45) is -0.540. The summed E-state index contributed by atoms with van der Waals surface area (Å²) < 4.78 is 37.0. The number of nitrogens with one attached hydrogen (secondary N) is 1. The van der Waals surface area contributed by atoms with Crippen LogP contribution >= 0.6 is 0 Å². The molecular weight excluding hydrogens is 348 g/mol. The Bertz CT molecular complexity index is 638. The molecule has 0 aromatic heterocycles. The fourth-order valence-corrected chi connectivity index (χ4v) is 2.59. The third kappa shape index (κ3) is 5.12. The van der Waals surface area contributed by atoms with Crippen molar-refractivity contribution in [3.8, 4) is 0 Å². The van der Waals surface area contributed by atoms with E-state index >= 15 is 0 Å². The lowest BCUT2D eigenvalue weighted by Gasteiger charge is -2.20. The maximum absolute atomic E-state index is 13.4. The van der Waals surface area contributed by atoms with Gasteiger partial charge in [0.15, 0.2) is 17.9 Å². The van der Waals surface area contributed by atoms with Gasteiger partial charge < -0.3 is 19.7 Å². The van der Waals surface area contributed by atoms with Crippen molar-refractivity contribution in [3.05, 3.63) is 29.8 Å². The molecular formula is C17H23F2N3O4. The molecule has 1 aromatic carbocycles. The zero-order valence-corrected chi connectivity index (χ0v) is 14.8. The van der Waals surface area contributed by atoms with Crippen LogP contribution in [-0.4, -0.2) is 62.5 Å². The van der Waals surface area contributed by atoms with E-state index < -0.39 is 24.0 Å². The molecule has 2 rings (SSSR count). The SMILES string of the molecule is CCOC(CNC(=O)CN1CCN(c2ccc(F)c(F)c2)C1=O)OCC. The molecule has 1 fully saturated rings. The predicted molar refractivity (Wildman–Crippen MR) is 90.7 cm³/mol. The van der Waals surface area contributed by atoms with E-state index in [0.717, 1.165) is 12.1 Å². The highest BCUT2D eigenvalue weighted by Crippen LogP contribution is 2.22. The Balaban J connectivity index is 1.87. The zero-order chi connectivity index (χ0) is 19.1. The van der Waals surface area contributed by atoms with Crippen LogP contribution in [0.15, 0.2) is 18.2 Å². The molecule has 3 amide bonds. The molecule has 1 aromatic rings. The Kier molecular flexibility index (Phi) is 7.28. The van der Waals surface area contributed by atoms with E-state index in [4.69, 9.17) is 9.47 Å². The predicted octanol–water partition coefficient (Wildman–Crippen LogP) is 1.72. The standard InChI is InChI=1S/C17H23F2N3O4/c1-3-25-16(26-4-2)10-20-15(23)11-21-7-8-22(17(21)24)12-5-6-13(18)14(19)9-12/h5-6,9,16H,3-4,7-8,10-11H2,1-2H3,(H,20,23). The first-order chi connectivity index (χ1) is 12.5. The molecule has 1 saturated heterocycles. The number of ether oxygens (including phenoxy) is 2. The van der Waals surface area contributed by atoms with Gasteiger partial charge in [-0.1, -0.05) is 0 Å². The number of urea groups is 1. The number of anilines is 1. The van der Waals surface area contributed by atoms with Gasteiger partial charge in [-0.15, -0.1) is 0 Å². The zero-order valence-electron chi connectivity index (χ0n) is 14.8. The van der Waals surface area contributed by atoms with E-state index in [1.165, 1.54) is 15.9 Å². The lowest BCUT2D eigenvalue weighted by molar-refractivity contribution is -0.140. The number of carbonyl (C=O) groups excluding carboxylic acids is 2. The third-order valence-electron chi connectivity index (χ3n) is 3.82. The van der Waals surface area contributed by atoms with Crippen molar-refractivity contribution in [1.82, 2.24) is 10.2 Å². The van der Waals surface area contributed by atoms with Gasteiger partial charge in [-0.3, -0.25) is 9.69 Å². The number of nitrogens with zero attached hydrogens (tertiary/aromatic N) is 2. The van der Waals surface area contributed by atoms with Crippen LogP contribution in [0.25, 0.3) is 0 Å². The van der Waals surface area contributed by atoms with Crippen molar-refractivity contribution in [2.45, 2.75) is 20.1 Å². The van der Waals surface area contributed by atoms with Crippen molar-refractivity contribution in [1.29, 1.82) is 0 Å². The maximum Gasteiger partial charge on any atom is 0.325 e. The summed E-state index contributed by atoms with van der Waals surface area (Å²) in [4.78, 5) is 27.1. The Morgan fingerprint density at radius 2 is 1.88 bits per heavy atom. The summed E-state index contributed by atoms with van der Waals surface area (Å²) in [6.45, 7) is 5.19. The van der Waals surface area contributed by atoms with Crippen LogP contribution in [0.4, 0.5) is 19.3 Å². The topological polar surface area (TPSA) is 71.1 Å². The average molecular weight is 371 g/mol. The van der Waals surface area contributed by atoms with Crippen LogP contribution in [0.1, 0.15) is 13.8 Å². The van der Waals surface area contributed by atoms with Gasteiger partial charge in [0.2, 0.25) is 5.91 Å². The fraction of sp³-hybridized carbons (Fsp3) is 0.529. The quantitative estimate of drug-likeness (QED) is 0.671. The molecule has 0 spiro atoms. The number of benzene rings is 1. The lowest BCUT2D eigenvalue weighted by atomic mass is 10.3. The summed E-state index contributed by atoms with van der Waals surface area (Å²) in [5, 5.41) is 2.66. The summed E-state index contributed by atoms with van der Waals surface area (Å²) in [5.41, 5.74) is 0.254. The lowest BCUT2D eigenvalue weighted by Crippen LogP contribution is -2.43. The number of halogens is 2. The molecule has 1 N–H and O–H groups in total. The normalized spacial score (nSPS) is 14.4. The van der Waals surface area contributed by atoms with Crippen LogP contribution in [0.5, 0.6) is 0 Å². The van der Waals surface area contributed by atoms with Crippen molar-refractivity contribution < 1.29 is 27.8 Å². The molecule has 0 unspecified atom stereocenters. The molecule has 1 aliphatic heterocycles.